The summed E-state index contributed by atoms with van der Waals surface area (Å²) in [6.45, 7) is 6.74. The third kappa shape index (κ3) is 2.12. The zero-order valence-electron chi connectivity index (χ0n) is 12.8. The molecule has 5 heteroatoms. The summed E-state index contributed by atoms with van der Waals surface area (Å²) < 4.78 is 28.5. The molecule has 1 atom stereocenters. The van der Waals surface area contributed by atoms with Crippen LogP contribution in [0.15, 0.2) is 18.2 Å². The van der Waals surface area contributed by atoms with Crippen molar-refractivity contribution in [3.05, 3.63) is 35.4 Å². The zero-order valence-corrected chi connectivity index (χ0v) is 13.5. The first-order chi connectivity index (χ1) is 10.3. The molecule has 2 aromatic carbocycles. The van der Waals surface area contributed by atoms with Gasteiger partial charge < -0.3 is 10.0 Å². The first-order valence-corrected chi connectivity index (χ1v) is 7.76. The predicted molar refractivity (Wildman–Crippen MR) is 86.1 cm³/mol. The van der Waals surface area contributed by atoms with Gasteiger partial charge in [-0.3, -0.25) is 0 Å². The minimum atomic E-state index is -0.626. The number of halogens is 3. The van der Waals surface area contributed by atoms with E-state index in [-0.39, 0.29) is 28.0 Å². The van der Waals surface area contributed by atoms with Crippen LogP contribution in [-0.2, 0) is 0 Å². The molecule has 0 aliphatic carbocycles. The number of benzene rings is 2. The normalized spacial score (nSPS) is 18.1. The maximum absolute atomic E-state index is 14.4. The molecule has 2 nitrogen and oxygen atoms in total. The minimum Gasteiger partial charge on any atom is -0.507 e. The van der Waals surface area contributed by atoms with Crippen molar-refractivity contribution in [2.75, 3.05) is 17.3 Å². The molecule has 0 radical (unpaired) electrons. The number of hydrogen-bond acceptors (Lipinski definition) is 2. The fourth-order valence-corrected chi connectivity index (χ4v) is 3.53. The third-order valence-electron chi connectivity index (χ3n) is 4.28. The minimum absolute atomic E-state index is 0.0652. The van der Waals surface area contributed by atoms with Crippen LogP contribution in [-0.4, -0.2) is 23.1 Å². The van der Waals surface area contributed by atoms with Gasteiger partial charge in [-0.1, -0.05) is 0 Å². The summed E-state index contributed by atoms with van der Waals surface area (Å²) >= 11 is 6.08. The van der Waals surface area contributed by atoms with Gasteiger partial charge in [0.2, 0.25) is 0 Å². The highest BCUT2D eigenvalue weighted by Crippen LogP contribution is 2.48. The number of rotatable bonds is 1. The number of phenolic OH excluding ortho intramolecular Hbond substituents is 1. The van der Waals surface area contributed by atoms with E-state index in [1.165, 1.54) is 6.07 Å². The SMILES string of the molecule is CC(C)(C)N1C[C@H](CCl)c2c1cc(O)c1c(F)ccc(F)c21. The van der Waals surface area contributed by atoms with E-state index in [4.69, 9.17) is 11.6 Å². The maximum Gasteiger partial charge on any atom is 0.134 e. The Balaban J connectivity index is 2.42. The molecule has 1 N–H and O–H groups in total. The molecule has 2 aromatic rings. The van der Waals surface area contributed by atoms with E-state index in [0.717, 1.165) is 17.8 Å². The molecule has 0 amide bonds. The Kier molecular flexibility index (Phi) is 3.48. The second-order valence-electron chi connectivity index (χ2n) is 6.74. The highest BCUT2D eigenvalue weighted by Gasteiger charge is 2.37. The number of anilines is 1. The lowest BCUT2D eigenvalue weighted by Crippen LogP contribution is -2.40. The van der Waals surface area contributed by atoms with Crippen LogP contribution in [0.1, 0.15) is 32.3 Å². The molecular weight excluding hydrogens is 308 g/mol. The van der Waals surface area contributed by atoms with Crippen molar-refractivity contribution in [1.29, 1.82) is 0 Å². The molecule has 3 rings (SSSR count). The van der Waals surface area contributed by atoms with E-state index < -0.39 is 11.6 Å². The van der Waals surface area contributed by atoms with Crippen LogP contribution >= 0.6 is 11.6 Å². The lowest BCUT2D eigenvalue weighted by atomic mass is 9.94. The van der Waals surface area contributed by atoms with E-state index in [1.807, 2.05) is 20.8 Å². The van der Waals surface area contributed by atoms with Crippen LogP contribution in [0.25, 0.3) is 10.8 Å². The van der Waals surface area contributed by atoms with Crippen LogP contribution < -0.4 is 4.90 Å². The molecule has 0 spiro atoms. The highest BCUT2D eigenvalue weighted by atomic mass is 35.5. The van der Waals surface area contributed by atoms with Gasteiger partial charge in [0, 0.05) is 41.0 Å². The molecular formula is C17H18ClF2NO. The number of nitrogens with zero attached hydrogens (tertiary/aromatic N) is 1. The van der Waals surface area contributed by atoms with E-state index in [0.29, 0.717) is 18.0 Å². The number of hydrogen-bond donors (Lipinski definition) is 1. The van der Waals surface area contributed by atoms with Crippen molar-refractivity contribution in [2.24, 2.45) is 0 Å². The van der Waals surface area contributed by atoms with Crippen molar-refractivity contribution >= 4 is 28.1 Å². The Morgan fingerprint density at radius 1 is 1.23 bits per heavy atom. The molecule has 0 unspecified atom stereocenters. The van der Waals surface area contributed by atoms with Gasteiger partial charge in [-0.25, -0.2) is 8.78 Å². The van der Waals surface area contributed by atoms with Crippen molar-refractivity contribution in [3.63, 3.8) is 0 Å². The lowest BCUT2D eigenvalue weighted by molar-refractivity contribution is 0.476. The highest BCUT2D eigenvalue weighted by molar-refractivity contribution is 6.18. The zero-order chi connectivity index (χ0) is 16.2. The monoisotopic (exact) mass is 325 g/mol. The van der Waals surface area contributed by atoms with Crippen molar-refractivity contribution in [3.8, 4) is 5.75 Å². The van der Waals surface area contributed by atoms with Gasteiger partial charge >= 0.3 is 0 Å². The molecule has 22 heavy (non-hydrogen) atoms. The summed E-state index contributed by atoms with van der Waals surface area (Å²) in [4.78, 5) is 2.08. The van der Waals surface area contributed by atoms with Crippen LogP contribution in [0.2, 0.25) is 0 Å². The fourth-order valence-electron chi connectivity index (χ4n) is 3.28. The molecule has 118 valence electrons. The van der Waals surface area contributed by atoms with Crippen LogP contribution in [0, 0.1) is 11.6 Å². The Morgan fingerprint density at radius 3 is 2.36 bits per heavy atom. The second kappa shape index (κ2) is 4.98. The van der Waals surface area contributed by atoms with Gasteiger partial charge in [-0.15, -0.1) is 11.6 Å². The third-order valence-corrected chi connectivity index (χ3v) is 4.65. The Morgan fingerprint density at radius 2 is 1.82 bits per heavy atom. The van der Waals surface area contributed by atoms with Crippen LogP contribution in [0.4, 0.5) is 14.5 Å². The summed E-state index contributed by atoms with van der Waals surface area (Å²) in [6.07, 6.45) is 0. The number of fused-ring (bicyclic) bond motifs is 3. The van der Waals surface area contributed by atoms with E-state index in [1.54, 1.807) is 0 Å². The summed E-state index contributed by atoms with van der Waals surface area (Å²) in [5, 5.41) is 10.3. The van der Waals surface area contributed by atoms with Gasteiger partial charge in [0.25, 0.3) is 0 Å². The average Bonchev–Trinajstić information content (AvgIpc) is 2.80. The molecule has 0 saturated heterocycles. The quantitative estimate of drug-likeness (QED) is 0.764. The summed E-state index contributed by atoms with van der Waals surface area (Å²) in [6, 6.07) is 3.66. The van der Waals surface area contributed by atoms with Crippen molar-refractivity contribution < 1.29 is 13.9 Å². The van der Waals surface area contributed by atoms with Gasteiger partial charge in [-0.05, 0) is 38.5 Å². The Bertz CT molecular complexity index is 755. The van der Waals surface area contributed by atoms with Gasteiger partial charge in [0.15, 0.2) is 0 Å². The molecule has 1 heterocycles. The number of aromatic hydroxyl groups is 1. The van der Waals surface area contributed by atoms with Gasteiger partial charge in [0.05, 0.1) is 5.39 Å². The average molecular weight is 326 g/mol. The fraction of sp³-hybridized carbons (Fsp3) is 0.412. The number of phenols is 1. The summed E-state index contributed by atoms with van der Waals surface area (Å²) in [5.41, 5.74) is 1.21. The topological polar surface area (TPSA) is 23.5 Å². The first kappa shape index (κ1) is 15.3. The second-order valence-corrected chi connectivity index (χ2v) is 7.05. The number of alkyl halides is 1. The van der Waals surface area contributed by atoms with Crippen molar-refractivity contribution in [2.45, 2.75) is 32.2 Å². The smallest absolute Gasteiger partial charge is 0.134 e. The Hall–Kier alpha value is -1.55. The van der Waals surface area contributed by atoms with Gasteiger partial charge in [0.1, 0.15) is 17.4 Å². The van der Waals surface area contributed by atoms with Gasteiger partial charge in [-0.2, -0.15) is 0 Å². The Labute approximate surface area is 133 Å². The van der Waals surface area contributed by atoms with E-state index in [9.17, 15) is 13.9 Å². The molecule has 0 fully saturated rings. The molecule has 0 saturated carbocycles. The van der Waals surface area contributed by atoms with E-state index >= 15 is 0 Å². The van der Waals surface area contributed by atoms with Crippen molar-refractivity contribution in [1.82, 2.24) is 0 Å². The molecule has 1 aliphatic rings. The predicted octanol–water partition coefficient (Wildman–Crippen LogP) is 4.76. The largest absolute Gasteiger partial charge is 0.507 e. The first-order valence-electron chi connectivity index (χ1n) is 7.23. The lowest BCUT2D eigenvalue weighted by Gasteiger charge is -2.35. The van der Waals surface area contributed by atoms with Crippen LogP contribution in [0.5, 0.6) is 5.75 Å². The van der Waals surface area contributed by atoms with E-state index in [2.05, 4.69) is 4.90 Å². The standard InChI is InChI=1S/C17H18ClF2NO/c1-17(2,3)21-8-9(7-18)14-12(21)6-13(22)15-10(19)4-5-11(20)16(14)15/h4-6,9,22H,7-8H2,1-3H3/t9-/m0/s1. The molecule has 1 aliphatic heterocycles. The maximum atomic E-state index is 14.4. The molecule has 0 aromatic heterocycles. The van der Waals surface area contributed by atoms with Crippen LogP contribution in [0.3, 0.4) is 0 Å². The summed E-state index contributed by atoms with van der Waals surface area (Å²) in [5.74, 6) is -1.19. The summed E-state index contributed by atoms with van der Waals surface area (Å²) in [7, 11) is 0. The molecule has 0 bridgehead atoms.